The third kappa shape index (κ3) is 5.23. The van der Waals surface area contributed by atoms with E-state index in [0.717, 1.165) is 25.1 Å². The molecule has 2 rings (SSSR count). The Morgan fingerprint density at radius 2 is 1.78 bits per heavy atom. The predicted octanol–water partition coefficient (Wildman–Crippen LogP) is 2.71. The quantitative estimate of drug-likeness (QED) is 0.869. The van der Waals surface area contributed by atoms with Crippen LogP contribution < -0.4 is 5.32 Å². The van der Waals surface area contributed by atoms with E-state index in [4.69, 9.17) is 0 Å². The molecule has 1 aromatic rings. The third-order valence-corrected chi connectivity index (χ3v) is 4.14. The molecule has 3 atom stereocenters. The molecule has 3 unspecified atom stereocenters. The average molecular weight is 314 g/mol. The van der Waals surface area contributed by atoms with E-state index >= 15 is 0 Å². The van der Waals surface area contributed by atoms with Crippen molar-refractivity contribution in [1.82, 2.24) is 10.2 Å². The molecule has 23 heavy (non-hydrogen) atoms. The van der Waals surface area contributed by atoms with Gasteiger partial charge in [-0.25, -0.2) is 0 Å². The van der Waals surface area contributed by atoms with E-state index in [2.05, 4.69) is 19.2 Å². The second-order valence-electron chi connectivity index (χ2n) is 6.66. The number of amides is 2. The Morgan fingerprint density at radius 3 is 2.39 bits per heavy atom. The van der Waals surface area contributed by atoms with E-state index in [0.29, 0.717) is 11.8 Å². The molecule has 1 aliphatic heterocycles. The van der Waals surface area contributed by atoms with E-state index in [9.17, 15) is 9.59 Å². The van der Waals surface area contributed by atoms with Crippen molar-refractivity contribution in [2.24, 2.45) is 11.8 Å². The number of carbonyl (C=O) groups is 2. The molecule has 1 saturated heterocycles. The average Bonchev–Trinajstić information content (AvgIpc) is 2.52. The maximum Gasteiger partial charge on any atom is 0.244 e. The molecule has 0 bridgehead atoms. The van der Waals surface area contributed by atoms with Crippen molar-refractivity contribution in [2.45, 2.75) is 33.2 Å². The van der Waals surface area contributed by atoms with Gasteiger partial charge in [-0.3, -0.25) is 9.59 Å². The largest absolute Gasteiger partial charge is 0.341 e. The highest BCUT2D eigenvalue weighted by Gasteiger charge is 2.28. The number of rotatable bonds is 4. The van der Waals surface area contributed by atoms with Crippen LogP contribution in [0.5, 0.6) is 0 Å². The SMILES string of the molecule is CC1CC(C)CN(C(=O)C(C)NC(=O)/C=C/c2ccccc2)C1. The van der Waals surface area contributed by atoms with Gasteiger partial charge < -0.3 is 10.2 Å². The Labute approximate surface area is 138 Å². The lowest BCUT2D eigenvalue weighted by Crippen LogP contribution is -2.51. The van der Waals surface area contributed by atoms with Gasteiger partial charge in [0.15, 0.2) is 0 Å². The number of hydrogen-bond acceptors (Lipinski definition) is 2. The van der Waals surface area contributed by atoms with Gasteiger partial charge >= 0.3 is 0 Å². The van der Waals surface area contributed by atoms with E-state index in [1.807, 2.05) is 35.2 Å². The predicted molar refractivity (Wildman–Crippen MR) is 92.6 cm³/mol. The molecule has 0 spiro atoms. The second kappa shape index (κ2) is 7.95. The topological polar surface area (TPSA) is 49.4 Å². The Hall–Kier alpha value is -2.10. The minimum absolute atomic E-state index is 0.00450. The summed E-state index contributed by atoms with van der Waals surface area (Å²) in [5.74, 6) is 0.796. The highest BCUT2D eigenvalue weighted by atomic mass is 16.2. The Morgan fingerprint density at radius 1 is 1.17 bits per heavy atom. The first-order chi connectivity index (χ1) is 11.0. The van der Waals surface area contributed by atoms with Gasteiger partial charge in [-0.15, -0.1) is 0 Å². The van der Waals surface area contributed by atoms with Gasteiger partial charge in [-0.2, -0.15) is 0 Å². The van der Waals surface area contributed by atoms with Crippen LogP contribution in [0.1, 0.15) is 32.8 Å². The van der Waals surface area contributed by atoms with Crippen LogP contribution in [0.15, 0.2) is 36.4 Å². The number of likely N-dealkylation sites (tertiary alicyclic amines) is 1. The molecular weight excluding hydrogens is 288 g/mol. The molecule has 2 amide bonds. The zero-order valence-corrected chi connectivity index (χ0v) is 14.2. The molecule has 0 saturated carbocycles. The van der Waals surface area contributed by atoms with Crippen molar-refractivity contribution in [2.75, 3.05) is 13.1 Å². The van der Waals surface area contributed by atoms with Crippen LogP contribution in [0, 0.1) is 11.8 Å². The lowest BCUT2D eigenvalue weighted by molar-refractivity contribution is -0.137. The normalized spacial score (nSPS) is 22.8. The molecule has 1 fully saturated rings. The van der Waals surface area contributed by atoms with Gasteiger partial charge in [-0.1, -0.05) is 44.2 Å². The second-order valence-corrected chi connectivity index (χ2v) is 6.66. The number of nitrogens with zero attached hydrogens (tertiary/aromatic N) is 1. The fraction of sp³-hybridized carbons (Fsp3) is 0.474. The van der Waals surface area contributed by atoms with Crippen molar-refractivity contribution in [3.63, 3.8) is 0 Å². The maximum atomic E-state index is 12.5. The minimum Gasteiger partial charge on any atom is -0.341 e. The van der Waals surface area contributed by atoms with Crippen LogP contribution in [-0.2, 0) is 9.59 Å². The molecule has 4 heteroatoms. The van der Waals surface area contributed by atoms with Crippen LogP contribution >= 0.6 is 0 Å². The molecule has 0 aliphatic carbocycles. The van der Waals surface area contributed by atoms with Crippen LogP contribution in [0.2, 0.25) is 0 Å². The lowest BCUT2D eigenvalue weighted by Gasteiger charge is -2.36. The van der Waals surface area contributed by atoms with Crippen molar-refractivity contribution in [1.29, 1.82) is 0 Å². The summed E-state index contributed by atoms with van der Waals surface area (Å²) in [5, 5.41) is 2.76. The van der Waals surface area contributed by atoms with Gasteiger partial charge in [0.25, 0.3) is 0 Å². The summed E-state index contributed by atoms with van der Waals surface area (Å²) < 4.78 is 0. The molecule has 1 N–H and O–H groups in total. The summed E-state index contributed by atoms with van der Waals surface area (Å²) in [4.78, 5) is 26.3. The maximum absolute atomic E-state index is 12.5. The van der Waals surface area contributed by atoms with E-state index in [1.54, 1.807) is 13.0 Å². The van der Waals surface area contributed by atoms with Crippen LogP contribution in [0.3, 0.4) is 0 Å². The van der Waals surface area contributed by atoms with E-state index in [1.165, 1.54) is 6.08 Å². The van der Waals surface area contributed by atoms with Gasteiger partial charge in [0.05, 0.1) is 0 Å². The number of hydrogen-bond donors (Lipinski definition) is 1. The summed E-state index contributed by atoms with van der Waals surface area (Å²) in [7, 11) is 0. The van der Waals surface area contributed by atoms with Crippen molar-refractivity contribution >= 4 is 17.9 Å². The molecular formula is C19H26N2O2. The lowest BCUT2D eigenvalue weighted by atomic mass is 9.91. The number of piperidine rings is 1. The smallest absolute Gasteiger partial charge is 0.244 e. The van der Waals surface area contributed by atoms with Crippen LogP contribution in [0.25, 0.3) is 6.08 Å². The highest BCUT2D eigenvalue weighted by molar-refractivity contribution is 5.95. The molecule has 124 valence electrons. The van der Waals surface area contributed by atoms with Crippen molar-refractivity contribution in [3.05, 3.63) is 42.0 Å². The van der Waals surface area contributed by atoms with Crippen LogP contribution in [-0.4, -0.2) is 35.8 Å². The standard InChI is InChI=1S/C19H26N2O2/c1-14-11-15(2)13-21(12-14)19(23)16(3)20-18(22)10-9-17-7-5-4-6-8-17/h4-10,14-16H,11-13H2,1-3H3,(H,20,22)/b10-9+. The molecule has 4 nitrogen and oxygen atoms in total. The van der Waals surface area contributed by atoms with E-state index in [-0.39, 0.29) is 11.8 Å². The summed E-state index contributed by atoms with van der Waals surface area (Å²) >= 11 is 0. The fourth-order valence-electron chi connectivity index (χ4n) is 3.18. The molecule has 0 aromatic heterocycles. The monoisotopic (exact) mass is 314 g/mol. The van der Waals surface area contributed by atoms with Gasteiger partial charge in [0.1, 0.15) is 6.04 Å². The van der Waals surface area contributed by atoms with Gasteiger partial charge in [-0.05, 0) is 36.8 Å². The number of carbonyl (C=O) groups excluding carboxylic acids is 2. The van der Waals surface area contributed by atoms with Gasteiger partial charge in [0, 0.05) is 19.2 Å². The summed E-state index contributed by atoms with van der Waals surface area (Å²) in [6, 6.07) is 9.12. The fourth-order valence-corrected chi connectivity index (χ4v) is 3.18. The third-order valence-electron chi connectivity index (χ3n) is 4.14. The molecule has 1 heterocycles. The zero-order chi connectivity index (χ0) is 16.8. The number of nitrogens with one attached hydrogen (secondary N) is 1. The minimum atomic E-state index is -0.500. The summed E-state index contributed by atoms with van der Waals surface area (Å²) in [6.07, 6.45) is 4.38. The molecule has 1 aromatic carbocycles. The van der Waals surface area contributed by atoms with Crippen molar-refractivity contribution in [3.8, 4) is 0 Å². The molecule has 1 aliphatic rings. The Balaban J connectivity index is 1.88. The summed E-state index contributed by atoms with van der Waals surface area (Å²) in [6.45, 7) is 7.65. The summed E-state index contributed by atoms with van der Waals surface area (Å²) in [5.41, 5.74) is 0.959. The first kappa shape index (κ1) is 17.3. The van der Waals surface area contributed by atoms with E-state index < -0.39 is 6.04 Å². The zero-order valence-electron chi connectivity index (χ0n) is 14.2. The van der Waals surface area contributed by atoms with Gasteiger partial charge in [0.2, 0.25) is 11.8 Å². The first-order valence-corrected chi connectivity index (χ1v) is 8.28. The number of benzene rings is 1. The Kier molecular flexibility index (Phi) is 5.97. The van der Waals surface area contributed by atoms with Crippen LogP contribution in [0.4, 0.5) is 0 Å². The first-order valence-electron chi connectivity index (χ1n) is 8.28. The molecule has 0 radical (unpaired) electrons. The Bertz CT molecular complexity index is 558. The highest BCUT2D eigenvalue weighted by Crippen LogP contribution is 2.21. The van der Waals surface area contributed by atoms with Crippen molar-refractivity contribution < 1.29 is 9.59 Å².